The molecule has 1 fully saturated rings. The van der Waals surface area contributed by atoms with Crippen molar-refractivity contribution in [1.29, 1.82) is 0 Å². The number of imidazole rings is 1. The topological polar surface area (TPSA) is 67.2 Å². The smallest absolute Gasteiger partial charge is 0.324 e. The molecule has 23 heavy (non-hydrogen) atoms. The molecule has 0 spiro atoms. The maximum absolute atomic E-state index is 12.1. The minimum Gasteiger partial charge on any atom is -0.336 e. The van der Waals surface area contributed by atoms with Crippen LogP contribution in [0.5, 0.6) is 0 Å². The van der Waals surface area contributed by atoms with E-state index in [2.05, 4.69) is 30.2 Å². The summed E-state index contributed by atoms with van der Waals surface area (Å²) in [7, 11) is 0. The molecule has 7 heteroatoms. The number of urea groups is 1. The van der Waals surface area contributed by atoms with Gasteiger partial charge in [0, 0.05) is 25.5 Å². The summed E-state index contributed by atoms with van der Waals surface area (Å²) in [6.45, 7) is 5.09. The van der Waals surface area contributed by atoms with E-state index in [1.165, 1.54) is 27.8 Å². The minimum absolute atomic E-state index is 0.190. The highest BCUT2D eigenvalue weighted by molar-refractivity contribution is 7.99. The first kappa shape index (κ1) is 15.6. The van der Waals surface area contributed by atoms with Crippen LogP contribution < -0.4 is 5.32 Å². The highest BCUT2D eigenvalue weighted by Gasteiger charge is 2.26. The first-order chi connectivity index (χ1) is 11.1. The average Bonchev–Trinajstić information content (AvgIpc) is 3.16. The van der Waals surface area contributed by atoms with E-state index in [1.807, 2.05) is 22.9 Å². The molecule has 120 valence electrons. The Labute approximate surface area is 138 Å². The van der Waals surface area contributed by atoms with Gasteiger partial charge in [-0.2, -0.15) is 0 Å². The van der Waals surface area contributed by atoms with E-state index in [9.17, 15) is 9.59 Å². The predicted octanol–water partition coefficient (Wildman–Crippen LogP) is 2.13. The number of rotatable bonds is 4. The van der Waals surface area contributed by atoms with Crippen molar-refractivity contribution in [2.24, 2.45) is 0 Å². The molecule has 1 N–H and O–H groups in total. The van der Waals surface area contributed by atoms with E-state index in [4.69, 9.17) is 0 Å². The summed E-state index contributed by atoms with van der Waals surface area (Å²) < 4.78 is 1.98. The number of imide groups is 1. The number of nitrogens with zero attached hydrogens (tertiary/aromatic N) is 3. The van der Waals surface area contributed by atoms with Crippen LogP contribution >= 0.6 is 11.8 Å². The van der Waals surface area contributed by atoms with Gasteiger partial charge in [-0.15, -0.1) is 0 Å². The van der Waals surface area contributed by atoms with Gasteiger partial charge in [-0.25, -0.2) is 9.78 Å². The van der Waals surface area contributed by atoms with Gasteiger partial charge in [0.25, 0.3) is 0 Å². The van der Waals surface area contributed by atoms with Crippen molar-refractivity contribution in [3.63, 3.8) is 0 Å². The summed E-state index contributed by atoms with van der Waals surface area (Å²) in [5, 5.41) is 3.37. The monoisotopic (exact) mass is 330 g/mol. The maximum Gasteiger partial charge on any atom is 0.324 e. The van der Waals surface area contributed by atoms with E-state index in [-0.39, 0.29) is 17.7 Å². The Hall–Kier alpha value is -2.28. The number of nitrogens with one attached hydrogen (secondary N) is 1. The summed E-state index contributed by atoms with van der Waals surface area (Å²) in [6, 6.07) is 5.79. The number of aryl methyl sites for hydroxylation is 1. The lowest BCUT2D eigenvalue weighted by Crippen LogP contribution is -2.35. The molecule has 1 aliphatic heterocycles. The summed E-state index contributed by atoms with van der Waals surface area (Å²) in [4.78, 5) is 29.2. The molecule has 2 aromatic rings. The van der Waals surface area contributed by atoms with Crippen molar-refractivity contribution in [3.8, 4) is 5.69 Å². The number of hydrogen-bond donors (Lipinski definition) is 1. The van der Waals surface area contributed by atoms with Gasteiger partial charge in [0.2, 0.25) is 5.91 Å². The zero-order chi connectivity index (χ0) is 16.4. The fourth-order valence-electron chi connectivity index (χ4n) is 2.49. The number of aromatic nitrogens is 2. The van der Waals surface area contributed by atoms with Crippen molar-refractivity contribution in [2.75, 3.05) is 18.8 Å². The Morgan fingerprint density at radius 3 is 2.96 bits per heavy atom. The van der Waals surface area contributed by atoms with Crippen molar-refractivity contribution in [3.05, 3.63) is 41.7 Å². The van der Waals surface area contributed by atoms with Crippen LogP contribution in [0.2, 0.25) is 0 Å². The van der Waals surface area contributed by atoms with Gasteiger partial charge >= 0.3 is 6.03 Å². The molecule has 1 aliphatic rings. The number of benzene rings is 1. The van der Waals surface area contributed by atoms with Gasteiger partial charge in [0.05, 0.1) is 11.4 Å². The molecule has 0 unspecified atom stereocenters. The third-order valence-corrected chi connectivity index (χ3v) is 4.88. The Bertz CT molecular complexity index is 756. The van der Waals surface area contributed by atoms with E-state index < -0.39 is 0 Å². The molecule has 1 saturated heterocycles. The molecule has 0 bridgehead atoms. The normalized spacial score (nSPS) is 14.2. The van der Waals surface area contributed by atoms with Crippen LogP contribution in [0.15, 0.2) is 35.7 Å². The van der Waals surface area contributed by atoms with Crippen LogP contribution in [-0.2, 0) is 4.79 Å². The van der Waals surface area contributed by atoms with Gasteiger partial charge in [0.15, 0.2) is 5.16 Å². The second-order valence-corrected chi connectivity index (χ2v) is 6.31. The van der Waals surface area contributed by atoms with E-state index in [1.54, 1.807) is 6.20 Å². The van der Waals surface area contributed by atoms with Gasteiger partial charge < -0.3 is 5.32 Å². The largest absolute Gasteiger partial charge is 0.336 e. The fourth-order valence-corrected chi connectivity index (χ4v) is 3.33. The van der Waals surface area contributed by atoms with Gasteiger partial charge in [-0.1, -0.05) is 23.9 Å². The molecule has 0 radical (unpaired) electrons. The third-order valence-electron chi connectivity index (χ3n) is 3.92. The second kappa shape index (κ2) is 6.45. The molecule has 1 aromatic heterocycles. The van der Waals surface area contributed by atoms with Crippen LogP contribution in [0.3, 0.4) is 0 Å². The lowest BCUT2D eigenvalue weighted by atomic mass is 10.1. The van der Waals surface area contributed by atoms with Crippen LogP contribution in [0, 0.1) is 13.8 Å². The molecule has 3 amide bonds. The minimum atomic E-state index is -0.312. The van der Waals surface area contributed by atoms with Crippen LogP contribution in [0.1, 0.15) is 11.1 Å². The summed E-state index contributed by atoms with van der Waals surface area (Å²) in [5.74, 6) is -0.00419. The maximum atomic E-state index is 12.1. The Kier molecular flexibility index (Phi) is 4.38. The first-order valence-corrected chi connectivity index (χ1v) is 8.37. The van der Waals surface area contributed by atoms with Crippen LogP contribution in [-0.4, -0.2) is 45.2 Å². The Morgan fingerprint density at radius 2 is 2.22 bits per heavy atom. The summed E-state index contributed by atoms with van der Waals surface area (Å²) in [6.07, 6.45) is 3.61. The fraction of sp³-hybridized carbons (Fsp3) is 0.312. The lowest BCUT2D eigenvalue weighted by molar-refractivity contribution is -0.124. The number of amides is 3. The van der Waals surface area contributed by atoms with E-state index in [0.717, 1.165) is 10.8 Å². The molecule has 0 atom stereocenters. The molecule has 3 rings (SSSR count). The Morgan fingerprint density at radius 1 is 1.39 bits per heavy atom. The summed E-state index contributed by atoms with van der Waals surface area (Å²) in [5.41, 5.74) is 3.44. The lowest BCUT2D eigenvalue weighted by Gasteiger charge is -2.14. The summed E-state index contributed by atoms with van der Waals surface area (Å²) >= 11 is 1.34. The molecule has 2 heterocycles. The van der Waals surface area contributed by atoms with Crippen molar-refractivity contribution in [1.82, 2.24) is 19.8 Å². The zero-order valence-electron chi connectivity index (χ0n) is 13.1. The highest BCUT2D eigenvalue weighted by Crippen LogP contribution is 2.24. The standard InChI is InChI=1S/C16H18N4O2S/c1-11-4-3-5-13(12(11)2)19-8-7-18-16(19)23-10-14(21)20-9-6-17-15(20)22/h3-5,7-8H,6,9-10H2,1-2H3,(H,17,22). The molecule has 1 aromatic carbocycles. The molecular formula is C16H18N4O2S. The molecule has 0 aliphatic carbocycles. The molecular weight excluding hydrogens is 312 g/mol. The first-order valence-electron chi connectivity index (χ1n) is 7.39. The number of carbonyl (C=O) groups excluding carboxylic acids is 2. The van der Waals surface area contributed by atoms with Crippen molar-refractivity contribution < 1.29 is 9.59 Å². The third kappa shape index (κ3) is 3.10. The predicted molar refractivity (Wildman–Crippen MR) is 88.9 cm³/mol. The Balaban J connectivity index is 1.75. The number of thioether (sulfide) groups is 1. The van der Waals surface area contributed by atoms with Crippen molar-refractivity contribution >= 4 is 23.7 Å². The van der Waals surface area contributed by atoms with Gasteiger partial charge in [0.1, 0.15) is 0 Å². The van der Waals surface area contributed by atoms with E-state index >= 15 is 0 Å². The van der Waals surface area contributed by atoms with Crippen LogP contribution in [0.25, 0.3) is 5.69 Å². The number of hydrogen-bond acceptors (Lipinski definition) is 4. The molecule has 6 nitrogen and oxygen atoms in total. The van der Waals surface area contributed by atoms with Gasteiger partial charge in [-0.3, -0.25) is 14.3 Å². The SMILES string of the molecule is Cc1cccc(-n2ccnc2SCC(=O)N2CCNC2=O)c1C. The quantitative estimate of drug-likeness (QED) is 0.872. The van der Waals surface area contributed by atoms with Crippen LogP contribution in [0.4, 0.5) is 4.79 Å². The second-order valence-electron chi connectivity index (χ2n) is 5.36. The average molecular weight is 330 g/mol. The number of carbonyl (C=O) groups is 2. The molecule has 0 saturated carbocycles. The van der Waals surface area contributed by atoms with Crippen molar-refractivity contribution in [2.45, 2.75) is 19.0 Å². The highest BCUT2D eigenvalue weighted by atomic mass is 32.2. The zero-order valence-corrected chi connectivity index (χ0v) is 13.9. The van der Waals surface area contributed by atoms with Gasteiger partial charge in [-0.05, 0) is 31.0 Å². The van der Waals surface area contributed by atoms with E-state index in [0.29, 0.717) is 13.1 Å².